The number of likely N-dealkylation sites (tertiary alicyclic amines) is 1. The summed E-state index contributed by atoms with van der Waals surface area (Å²) >= 11 is 0. The summed E-state index contributed by atoms with van der Waals surface area (Å²) in [5.74, 6) is 0. The quantitative estimate of drug-likeness (QED) is 0.597. The average molecular weight is 225 g/mol. The molecule has 0 atom stereocenters. The molecule has 0 saturated carbocycles. The molecule has 1 aliphatic rings. The normalized spacial score (nSPS) is 18.3. The molecule has 1 fully saturated rings. The molecule has 0 aromatic carbocycles. The number of allylic oxidation sites excluding steroid dienone is 1. The zero-order valence-electron chi connectivity index (χ0n) is 10.8. The van der Waals surface area contributed by atoms with Crippen LogP contribution < -0.4 is 0 Å². The van der Waals surface area contributed by atoms with Crippen molar-refractivity contribution in [2.75, 3.05) is 19.6 Å². The summed E-state index contributed by atoms with van der Waals surface area (Å²) in [6, 6.07) is 4.35. The summed E-state index contributed by atoms with van der Waals surface area (Å²) in [4.78, 5) is 2.60. The Morgan fingerprint density at radius 3 is 2.27 bits per heavy atom. The zero-order valence-corrected chi connectivity index (χ0v) is 11.8. The van der Waals surface area contributed by atoms with Gasteiger partial charge in [0.25, 0.3) is 0 Å². The number of nitrogens with zero attached hydrogens (tertiary/aromatic N) is 1. The monoisotopic (exact) mass is 225 g/mol. The first kappa shape index (κ1) is 13.0. The third-order valence-electron chi connectivity index (χ3n) is 4.03. The van der Waals surface area contributed by atoms with Gasteiger partial charge in [-0.2, -0.15) is 0 Å². The first-order valence-electron chi connectivity index (χ1n) is 6.62. The van der Waals surface area contributed by atoms with Crippen molar-refractivity contribution in [3.05, 3.63) is 11.8 Å². The van der Waals surface area contributed by atoms with E-state index in [9.17, 15) is 0 Å². The number of hydrogen-bond donors (Lipinski definition) is 0. The van der Waals surface area contributed by atoms with Crippen LogP contribution in [0.5, 0.6) is 0 Å². The maximum absolute atomic E-state index is 2.60. The fourth-order valence-electron chi connectivity index (χ4n) is 2.54. The van der Waals surface area contributed by atoms with Gasteiger partial charge >= 0.3 is 0 Å². The van der Waals surface area contributed by atoms with Crippen LogP contribution >= 0.6 is 0 Å². The lowest BCUT2D eigenvalue weighted by Crippen LogP contribution is -2.39. The van der Waals surface area contributed by atoms with E-state index in [-0.39, 0.29) is 0 Å². The highest BCUT2D eigenvalue weighted by Gasteiger charge is 2.25. The lowest BCUT2D eigenvalue weighted by atomic mass is 10.2. The molecule has 0 aromatic heterocycles. The molecule has 0 spiro atoms. The van der Waals surface area contributed by atoms with Crippen LogP contribution in [-0.4, -0.2) is 32.6 Å². The van der Waals surface area contributed by atoms with E-state index in [1.165, 1.54) is 50.6 Å². The molecule has 0 unspecified atom stereocenters. The van der Waals surface area contributed by atoms with E-state index in [0.717, 1.165) is 0 Å². The van der Waals surface area contributed by atoms with Crippen LogP contribution in [-0.2, 0) is 0 Å². The van der Waals surface area contributed by atoms with Crippen LogP contribution in [0.3, 0.4) is 0 Å². The minimum atomic E-state index is -1.01. The molecule has 0 N–H and O–H groups in total. The van der Waals surface area contributed by atoms with Gasteiger partial charge in [-0.25, -0.2) is 0 Å². The van der Waals surface area contributed by atoms with Crippen LogP contribution in [0.4, 0.5) is 0 Å². The van der Waals surface area contributed by atoms with Crippen LogP contribution in [0.2, 0.25) is 18.1 Å². The van der Waals surface area contributed by atoms with E-state index >= 15 is 0 Å². The molecule has 0 aromatic rings. The predicted molar refractivity (Wildman–Crippen MR) is 72.0 cm³/mol. The highest BCUT2D eigenvalue weighted by Crippen LogP contribution is 2.24. The highest BCUT2D eigenvalue weighted by molar-refractivity contribution is 6.84. The van der Waals surface area contributed by atoms with Crippen LogP contribution in [0.1, 0.15) is 33.6 Å². The Morgan fingerprint density at radius 2 is 1.87 bits per heavy atom. The van der Waals surface area contributed by atoms with E-state index in [2.05, 4.69) is 37.4 Å². The predicted octanol–water partition coefficient (Wildman–Crippen LogP) is 3.69. The van der Waals surface area contributed by atoms with Gasteiger partial charge in [-0.1, -0.05) is 43.8 Å². The third-order valence-corrected chi connectivity index (χ3v) is 9.23. The van der Waals surface area contributed by atoms with Crippen molar-refractivity contribution in [3.8, 4) is 0 Å². The molecule has 88 valence electrons. The van der Waals surface area contributed by atoms with Crippen molar-refractivity contribution < 1.29 is 0 Å². The molecular formula is C13H27NSi. The second-order valence-corrected chi connectivity index (χ2v) is 9.84. The van der Waals surface area contributed by atoms with E-state index < -0.39 is 8.07 Å². The molecule has 1 saturated heterocycles. The zero-order chi connectivity index (χ0) is 11.1. The van der Waals surface area contributed by atoms with E-state index in [1.54, 1.807) is 0 Å². The Kier molecular flexibility index (Phi) is 5.62. The topological polar surface area (TPSA) is 3.24 Å². The van der Waals surface area contributed by atoms with E-state index in [1.807, 2.05) is 0 Å². The number of rotatable bonds is 7. The second kappa shape index (κ2) is 6.49. The summed E-state index contributed by atoms with van der Waals surface area (Å²) in [5.41, 5.74) is 2.57. The molecular weight excluding hydrogens is 198 g/mol. The summed E-state index contributed by atoms with van der Waals surface area (Å²) in [7, 11) is -1.01. The molecule has 1 nitrogen and oxygen atoms in total. The average Bonchev–Trinajstić information content (AvgIpc) is 2.20. The summed E-state index contributed by atoms with van der Waals surface area (Å²) in [6.45, 7) is 11.0. The SMILES string of the molecule is CC=C[Si](CC)(CC)CCCN1CCC1. The molecule has 1 aliphatic heterocycles. The van der Waals surface area contributed by atoms with Crippen molar-refractivity contribution in [1.29, 1.82) is 0 Å². The van der Waals surface area contributed by atoms with Crippen molar-refractivity contribution in [3.63, 3.8) is 0 Å². The third kappa shape index (κ3) is 3.76. The highest BCUT2D eigenvalue weighted by atomic mass is 28.3. The van der Waals surface area contributed by atoms with Crippen LogP contribution in [0, 0.1) is 0 Å². The second-order valence-electron chi connectivity index (χ2n) is 4.87. The van der Waals surface area contributed by atoms with Gasteiger partial charge in [0, 0.05) is 0 Å². The summed E-state index contributed by atoms with van der Waals surface area (Å²) in [6.07, 6.45) is 5.15. The van der Waals surface area contributed by atoms with Gasteiger partial charge in [0.1, 0.15) is 0 Å². The Labute approximate surface area is 96.6 Å². The molecule has 0 amide bonds. The van der Waals surface area contributed by atoms with Crippen molar-refractivity contribution in [2.24, 2.45) is 0 Å². The van der Waals surface area contributed by atoms with Crippen molar-refractivity contribution in [2.45, 2.75) is 51.7 Å². The van der Waals surface area contributed by atoms with Crippen LogP contribution in [0.15, 0.2) is 11.8 Å². The minimum Gasteiger partial charge on any atom is -0.303 e. The molecule has 2 heteroatoms. The molecule has 1 heterocycles. The first-order chi connectivity index (χ1) is 7.26. The van der Waals surface area contributed by atoms with Gasteiger partial charge in [0.2, 0.25) is 0 Å². The molecule has 0 radical (unpaired) electrons. The van der Waals surface area contributed by atoms with Gasteiger partial charge in [-0.15, -0.1) is 0 Å². The van der Waals surface area contributed by atoms with E-state index in [0.29, 0.717) is 0 Å². The Bertz CT molecular complexity index is 193. The summed E-state index contributed by atoms with van der Waals surface area (Å²) in [5, 5.41) is 0. The van der Waals surface area contributed by atoms with Gasteiger partial charge in [-0.3, -0.25) is 0 Å². The largest absolute Gasteiger partial charge is 0.303 e. The summed E-state index contributed by atoms with van der Waals surface area (Å²) < 4.78 is 0. The fraction of sp³-hybridized carbons (Fsp3) is 0.846. The first-order valence-corrected chi connectivity index (χ1v) is 9.32. The fourth-order valence-corrected chi connectivity index (χ4v) is 5.95. The van der Waals surface area contributed by atoms with E-state index in [4.69, 9.17) is 0 Å². The number of hydrogen-bond acceptors (Lipinski definition) is 1. The maximum atomic E-state index is 2.60. The van der Waals surface area contributed by atoms with Gasteiger partial charge in [0.15, 0.2) is 0 Å². The lowest BCUT2D eigenvalue weighted by molar-refractivity contribution is 0.182. The van der Waals surface area contributed by atoms with Gasteiger partial charge in [-0.05, 0) is 39.4 Å². The van der Waals surface area contributed by atoms with Gasteiger partial charge < -0.3 is 4.90 Å². The molecule has 0 bridgehead atoms. The van der Waals surface area contributed by atoms with Crippen molar-refractivity contribution >= 4 is 8.07 Å². The van der Waals surface area contributed by atoms with Crippen LogP contribution in [0.25, 0.3) is 0 Å². The minimum absolute atomic E-state index is 1.01. The molecule has 1 rings (SSSR count). The molecule has 0 aliphatic carbocycles. The Balaban J connectivity index is 2.29. The lowest BCUT2D eigenvalue weighted by Gasteiger charge is -2.32. The Hall–Kier alpha value is -0.0831. The standard InChI is InChI=1S/C13H27NSi/c1-4-12-15(5-2,6-3)13-8-11-14-9-7-10-14/h4,12H,5-11,13H2,1-3H3. The molecule has 15 heavy (non-hydrogen) atoms. The smallest absolute Gasteiger partial charge is 0.0769 e. The van der Waals surface area contributed by atoms with Crippen molar-refractivity contribution in [1.82, 2.24) is 4.90 Å². The van der Waals surface area contributed by atoms with Gasteiger partial charge in [0.05, 0.1) is 8.07 Å². The Morgan fingerprint density at radius 1 is 1.20 bits per heavy atom. The maximum Gasteiger partial charge on any atom is 0.0769 e.